The summed E-state index contributed by atoms with van der Waals surface area (Å²) in [5, 5.41) is 0. The number of aromatic nitrogens is 1. The van der Waals surface area contributed by atoms with Crippen molar-refractivity contribution < 1.29 is 14.3 Å². The monoisotopic (exact) mass is 382 g/mol. The second-order valence-electron chi connectivity index (χ2n) is 6.44. The number of esters is 1. The standard InChI is InChI=1S/C21H22N2O3S/c1-5-15-8-9-17-18(11-15)27-21(23(17)12-19(24)26-4)22-20(25)16-10-13(2)6-7-14(16)3/h6-11H,5,12H2,1-4H3. The Morgan fingerprint density at radius 1 is 1.15 bits per heavy atom. The molecule has 0 saturated heterocycles. The minimum absolute atomic E-state index is 0.0148. The summed E-state index contributed by atoms with van der Waals surface area (Å²) in [6.07, 6.45) is 0.915. The molecule has 27 heavy (non-hydrogen) atoms. The van der Waals surface area contributed by atoms with Crippen molar-refractivity contribution in [2.75, 3.05) is 7.11 Å². The van der Waals surface area contributed by atoms with Crippen LogP contribution < -0.4 is 4.80 Å². The molecule has 2 aromatic carbocycles. The Morgan fingerprint density at radius 3 is 2.63 bits per heavy atom. The van der Waals surface area contributed by atoms with Crippen molar-refractivity contribution >= 4 is 33.4 Å². The van der Waals surface area contributed by atoms with Gasteiger partial charge in [0.25, 0.3) is 5.91 Å². The molecule has 0 unspecified atom stereocenters. The van der Waals surface area contributed by atoms with Crippen LogP contribution >= 0.6 is 11.3 Å². The van der Waals surface area contributed by atoms with Gasteiger partial charge in [0.2, 0.25) is 0 Å². The summed E-state index contributed by atoms with van der Waals surface area (Å²) in [5.41, 5.74) is 4.52. The summed E-state index contributed by atoms with van der Waals surface area (Å²) in [6.45, 7) is 5.94. The van der Waals surface area contributed by atoms with Gasteiger partial charge in [0.1, 0.15) is 6.54 Å². The number of methoxy groups -OCH3 is 1. The summed E-state index contributed by atoms with van der Waals surface area (Å²) in [7, 11) is 1.35. The molecule has 3 rings (SSSR count). The lowest BCUT2D eigenvalue weighted by Crippen LogP contribution is -2.22. The number of hydrogen-bond acceptors (Lipinski definition) is 4. The van der Waals surface area contributed by atoms with Crippen molar-refractivity contribution in [2.24, 2.45) is 4.99 Å². The molecular formula is C21H22N2O3S. The van der Waals surface area contributed by atoms with E-state index in [0.717, 1.165) is 27.8 Å². The van der Waals surface area contributed by atoms with E-state index in [2.05, 4.69) is 18.0 Å². The highest BCUT2D eigenvalue weighted by molar-refractivity contribution is 7.16. The van der Waals surface area contributed by atoms with Gasteiger partial charge in [-0.3, -0.25) is 9.59 Å². The van der Waals surface area contributed by atoms with Gasteiger partial charge in [-0.2, -0.15) is 4.99 Å². The quantitative estimate of drug-likeness (QED) is 0.645. The predicted molar refractivity (Wildman–Crippen MR) is 107 cm³/mol. The van der Waals surface area contributed by atoms with Crippen LogP contribution in [0.3, 0.4) is 0 Å². The van der Waals surface area contributed by atoms with Crippen molar-refractivity contribution in [3.05, 3.63) is 63.5 Å². The maximum Gasteiger partial charge on any atom is 0.325 e. The number of thiazole rings is 1. The molecule has 6 heteroatoms. The number of hydrogen-bond donors (Lipinski definition) is 0. The summed E-state index contributed by atoms with van der Waals surface area (Å²) in [5.74, 6) is -0.688. The molecule has 3 aromatic rings. The van der Waals surface area contributed by atoms with Gasteiger partial charge >= 0.3 is 5.97 Å². The summed E-state index contributed by atoms with van der Waals surface area (Å²) in [4.78, 5) is 29.5. The normalized spacial score (nSPS) is 11.8. The van der Waals surface area contributed by atoms with Gasteiger partial charge in [-0.05, 0) is 49.6 Å². The first-order chi connectivity index (χ1) is 12.9. The number of carbonyl (C=O) groups excluding carboxylic acids is 2. The number of carbonyl (C=O) groups is 2. The summed E-state index contributed by atoms with van der Waals surface area (Å²) in [6, 6.07) is 11.8. The first-order valence-electron chi connectivity index (χ1n) is 8.78. The third kappa shape index (κ3) is 4.01. The minimum atomic E-state index is -0.380. The SMILES string of the molecule is CCc1ccc2c(c1)sc(=NC(=O)c1cc(C)ccc1C)n2CC(=O)OC. The first kappa shape index (κ1) is 19.0. The second-order valence-corrected chi connectivity index (χ2v) is 7.45. The molecule has 1 heterocycles. The van der Waals surface area contributed by atoms with Crippen molar-refractivity contribution in [1.29, 1.82) is 0 Å². The van der Waals surface area contributed by atoms with Crippen LogP contribution in [0.15, 0.2) is 41.4 Å². The Balaban J connectivity index is 2.17. The average molecular weight is 382 g/mol. The van der Waals surface area contributed by atoms with E-state index in [1.807, 2.05) is 44.2 Å². The second kappa shape index (κ2) is 7.88. The Morgan fingerprint density at radius 2 is 1.93 bits per heavy atom. The van der Waals surface area contributed by atoms with Gasteiger partial charge in [0.05, 0.1) is 17.3 Å². The third-order valence-corrected chi connectivity index (χ3v) is 5.53. The van der Waals surface area contributed by atoms with Crippen molar-refractivity contribution in [2.45, 2.75) is 33.7 Å². The van der Waals surface area contributed by atoms with E-state index in [1.54, 1.807) is 4.57 Å². The van der Waals surface area contributed by atoms with E-state index in [0.29, 0.717) is 10.4 Å². The molecule has 0 N–H and O–H groups in total. The number of amides is 1. The highest BCUT2D eigenvalue weighted by Gasteiger charge is 2.14. The Kier molecular flexibility index (Phi) is 5.56. The molecule has 0 fully saturated rings. The zero-order valence-electron chi connectivity index (χ0n) is 15.9. The molecule has 0 saturated carbocycles. The molecule has 1 amide bonds. The average Bonchev–Trinajstić information content (AvgIpc) is 2.99. The lowest BCUT2D eigenvalue weighted by molar-refractivity contribution is -0.141. The van der Waals surface area contributed by atoms with Gasteiger partial charge in [0.15, 0.2) is 4.80 Å². The van der Waals surface area contributed by atoms with E-state index in [4.69, 9.17) is 4.74 Å². The van der Waals surface area contributed by atoms with E-state index in [9.17, 15) is 9.59 Å². The molecule has 0 radical (unpaired) electrons. The molecule has 0 aliphatic heterocycles. The summed E-state index contributed by atoms with van der Waals surface area (Å²) < 4.78 is 7.55. The molecule has 0 aliphatic rings. The van der Waals surface area contributed by atoms with Crippen LogP contribution in [0.1, 0.15) is 34.0 Å². The van der Waals surface area contributed by atoms with Crippen LogP contribution in [0.4, 0.5) is 0 Å². The van der Waals surface area contributed by atoms with Gasteiger partial charge in [-0.25, -0.2) is 0 Å². The fourth-order valence-electron chi connectivity index (χ4n) is 2.88. The fourth-order valence-corrected chi connectivity index (χ4v) is 3.97. The zero-order chi connectivity index (χ0) is 19.6. The smallest absolute Gasteiger partial charge is 0.325 e. The van der Waals surface area contributed by atoms with Crippen LogP contribution in [0.2, 0.25) is 0 Å². The van der Waals surface area contributed by atoms with Crippen molar-refractivity contribution in [3.8, 4) is 0 Å². The van der Waals surface area contributed by atoms with Crippen LogP contribution in [-0.4, -0.2) is 23.6 Å². The summed E-state index contributed by atoms with van der Waals surface area (Å²) >= 11 is 1.41. The zero-order valence-corrected chi connectivity index (χ0v) is 16.7. The lowest BCUT2D eigenvalue weighted by Gasteiger charge is -2.05. The molecule has 140 valence electrons. The van der Waals surface area contributed by atoms with Gasteiger partial charge in [0, 0.05) is 5.56 Å². The van der Waals surface area contributed by atoms with E-state index < -0.39 is 0 Å². The van der Waals surface area contributed by atoms with Crippen molar-refractivity contribution in [3.63, 3.8) is 0 Å². The number of nitrogens with zero attached hydrogens (tertiary/aromatic N) is 2. The minimum Gasteiger partial charge on any atom is -0.468 e. The highest BCUT2D eigenvalue weighted by Crippen LogP contribution is 2.20. The maximum absolute atomic E-state index is 12.8. The topological polar surface area (TPSA) is 60.7 Å². The van der Waals surface area contributed by atoms with E-state index >= 15 is 0 Å². The largest absolute Gasteiger partial charge is 0.468 e. The molecule has 0 spiro atoms. The molecule has 0 aliphatic carbocycles. The number of ether oxygens (including phenoxy) is 1. The molecule has 0 bridgehead atoms. The molecule has 0 atom stereocenters. The van der Waals surface area contributed by atoms with E-state index in [-0.39, 0.29) is 18.4 Å². The van der Waals surface area contributed by atoms with Gasteiger partial charge < -0.3 is 9.30 Å². The molecule has 5 nitrogen and oxygen atoms in total. The van der Waals surface area contributed by atoms with Gasteiger partial charge in [-0.15, -0.1) is 0 Å². The Hall–Kier alpha value is -2.73. The number of aryl methyl sites for hydroxylation is 3. The maximum atomic E-state index is 12.8. The van der Waals surface area contributed by atoms with Crippen LogP contribution in [-0.2, 0) is 22.5 Å². The predicted octanol–water partition coefficient (Wildman–Crippen LogP) is 3.80. The highest BCUT2D eigenvalue weighted by atomic mass is 32.1. The van der Waals surface area contributed by atoms with Gasteiger partial charge in [-0.1, -0.05) is 42.0 Å². The number of rotatable bonds is 4. The number of benzene rings is 2. The Labute approximate surface area is 161 Å². The lowest BCUT2D eigenvalue weighted by atomic mass is 10.1. The van der Waals surface area contributed by atoms with E-state index in [1.165, 1.54) is 24.0 Å². The third-order valence-electron chi connectivity index (χ3n) is 4.49. The van der Waals surface area contributed by atoms with Crippen LogP contribution in [0.5, 0.6) is 0 Å². The number of fused-ring (bicyclic) bond motifs is 1. The Bertz CT molecular complexity index is 1090. The molecular weight excluding hydrogens is 360 g/mol. The van der Waals surface area contributed by atoms with Crippen LogP contribution in [0.25, 0.3) is 10.2 Å². The molecule has 1 aromatic heterocycles. The van der Waals surface area contributed by atoms with Crippen LogP contribution in [0, 0.1) is 13.8 Å². The van der Waals surface area contributed by atoms with Crippen molar-refractivity contribution in [1.82, 2.24) is 4.57 Å². The fraction of sp³-hybridized carbons (Fsp3) is 0.286. The first-order valence-corrected chi connectivity index (χ1v) is 9.60.